The Morgan fingerprint density at radius 1 is 1.19 bits per heavy atom. The Labute approximate surface area is 128 Å². The number of aromatic hydroxyl groups is 1. The van der Waals surface area contributed by atoms with E-state index in [0.717, 1.165) is 0 Å². The highest BCUT2D eigenvalue weighted by atomic mass is 28.4. The number of benzene rings is 1. The Morgan fingerprint density at radius 3 is 2.14 bits per heavy atom. The Hall–Kier alpha value is -1.20. The minimum absolute atomic E-state index is 0.0506. The number of phenols is 1. The molecule has 21 heavy (non-hydrogen) atoms. The number of phenolic OH excluding ortho intramolecular Hbond substituents is 1. The van der Waals surface area contributed by atoms with Crippen LogP contribution in [0.4, 0.5) is 0 Å². The van der Waals surface area contributed by atoms with E-state index in [1.165, 1.54) is 7.11 Å². The monoisotopic (exact) mass is 312 g/mol. The van der Waals surface area contributed by atoms with Gasteiger partial charge in [0.05, 0.1) is 13.2 Å². The lowest BCUT2D eigenvalue weighted by atomic mass is 10.1. The van der Waals surface area contributed by atoms with E-state index in [0.29, 0.717) is 23.5 Å². The summed E-state index contributed by atoms with van der Waals surface area (Å²) in [5.41, 5.74) is 0.606. The van der Waals surface area contributed by atoms with E-state index in [1.54, 1.807) is 13.0 Å². The molecule has 0 spiro atoms. The molecular formula is C16H28O4Si. The van der Waals surface area contributed by atoms with Gasteiger partial charge in [0.25, 0.3) is 0 Å². The molecule has 0 aromatic heterocycles. The Kier molecular flexibility index (Phi) is 5.33. The third kappa shape index (κ3) is 4.14. The van der Waals surface area contributed by atoms with E-state index in [9.17, 15) is 10.2 Å². The van der Waals surface area contributed by atoms with Gasteiger partial charge in [-0.2, -0.15) is 0 Å². The summed E-state index contributed by atoms with van der Waals surface area (Å²) in [4.78, 5) is 0. The predicted octanol–water partition coefficient (Wildman–Crippen LogP) is 3.71. The predicted molar refractivity (Wildman–Crippen MR) is 87.9 cm³/mol. The molecule has 1 atom stereocenters. The van der Waals surface area contributed by atoms with Crippen molar-refractivity contribution in [3.63, 3.8) is 0 Å². The highest BCUT2D eigenvalue weighted by molar-refractivity contribution is 6.74. The zero-order chi connectivity index (χ0) is 16.4. The minimum atomic E-state index is -2.01. The molecule has 5 heteroatoms. The fraction of sp³-hybridized carbons (Fsp3) is 0.625. The molecule has 0 saturated carbocycles. The second kappa shape index (κ2) is 6.28. The maximum atomic E-state index is 10.3. The van der Waals surface area contributed by atoms with Crippen LogP contribution in [0.3, 0.4) is 0 Å². The standard InChI is InChI=1S/C16H28O4Si/c1-11(17)10-12-13(8-9-14(19-5)15(12)18)20-21(6,7)16(2,3)4/h8-9,11,17-18H,10H2,1-7H3. The summed E-state index contributed by atoms with van der Waals surface area (Å²) in [6, 6.07) is 3.51. The van der Waals surface area contributed by atoms with Crippen LogP contribution < -0.4 is 9.16 Å². The van der Waals surface area contributed by atoms with Gasteiger partial charge < -0.3 is 19.4 Å². The second-order valence-corrected chi connectivity index (χ2v) is 11.7. The van der Waals surface area contributed by atoms with Crippen LogP contribution in [0, 0.1) is 0 Å². The van der Waals surface area contributed by atoms with Gasteiger partial charge in [-0.15, -0.1) is 0 Å². The van der Waals surface area contributed by atoms with Crippen molar-refractivity contribution in [1.29, 1.82) is 0 Å². The summed E-state index contributed by atoms with van der Waals surface area (Å²) in [7, 11) is -0.503. The summed E-state index contributed by atoms with van der Waals surface area (Å²) < 4.78 is 11.4. The largest absolute Gasteiger partial charge is 0.543 e. The first-order valence-electron chi connectivity index (χ1n) is 7.25. The molecule has 1 aromatic carbocycles. The molecule has 0 fully saturated rings. The quantitative estimate of drug-likeness (QED) is 0.814. The van der Waals surface area contributed by atoms with E-state index in [2.05, 4.69) is 33.9 Å². The molecule has 0 bridgehead atoms. The van der Waals surface area contributed by atoms with Crippen LogP contribution in [-0.4, -0.2) is 31.7 Å². The average Bonchev–Trinajstić information content (AvgIpc) is 2.32. The molecule has 4 nitrogen and oxygen atoms in total. The van der Waals surface area contributed by atoms with Crippen molar-refractivity contribution in [2.45, 2.75) is 58.4 Å². The number of rotatable bonds is 5. The first-order valence-corrected chi connectivity index (χ1v) is 10.2. The molecular weight excluding hydrogens is 284 g/mol. The molecule has 0 amide bonds. The number of hydrogen-bond acceptors (Lipinski definition) is 4. The van der Waals surface area contributed by atoms with Gasteiger partial charge in [-0.25, -0.2) is 0 Å². The molecule has 2 N–H and O–H groups in total. The lowest BCUT2D eigenvalue weighted by Gasteiger charge is -2.37. The Balaban J connectivity index is 3.26. The fourth-order valence-electron chi connectivity index (χ4n) is 1.78. The van der Waals surface area contributed by atoms with Gasteiger partial charge in [0, 0.05) is 12.0 Å². The van der Waals surface area contributed by atoms with Crippen LogP contribution in [0.15, 0.2) is 12.1 Å². The van der Waals surface area contributed by atoms with Gasteiger partial charge in [-0.3, -0.25) is 0 Å². The van der Waals surface area contributed by atoms with E-state index in [-0.39, 0.29) is 10.8 Å². The van der Waals surface area contributed by atoms with Crippen LogP contribution in [0.5, 0.6) is 17.2 Å². The maximum absolute atomic E-state index is 10.3. The third-order valence-corrected chi connectivity index (χ3v) is 8.44. The summed E-state index contributed by atoms with van der Waals surface area (Å²) in [6.45, 7) is 12.5. The molecule has 0 aliphatic carbocycles. The molecule has 0 aliphatic rings. The lowest BCUT2D eigenvalue weighted by molar-refractivity contribution is 0.193. The second-order valence-electron chi connectivity index (χ2n) is 7.01. The number of methoxy groups -OCH3 is 1. The lowest BCUT2D eigenvalue weighted by Crippen LogP contribution is -2.44. The minimum Gasteiger partial charge on any atom is -0.543 e. The molecule has 1 unspecified atom stereocenters. The van der Waals surface area contributed by atoms with Crippen molar-refractivity contribution in [3.05, 3.63) is 17.7 Å². The third-order valence-electron chi connectivity index (χ3n) is 4.09. The topological polar surface area (TPSA) is 58.9 Å². The van der Waals surface area contributed by atoms with Crippen LogP contribution in [0.1, 0.15) is 33.3 Å². The average molecular weight is 312 g/mol. The Bertz CT molecular complexity index is 490. The first-order chi connectivity index (χ1) is 9.49. The van der Waals surface area contributed by atoms with Crippen molar-refractivity contribution in [3.8, 4) is 17.2 Å². The van der Waals surface area contributed by atoms with Crippen LogP contribution in [-0.2, 0) is 6.42 Å². The van der Waals surface area contributed by atoms with Gasteiger partial charge in [0.2, 0.25) is 8.32 Å². The van der Waals surface area contributed by atoms with Crippen molar-refractivity contribution >= 4 is 8.32 Å². The van der Waals surface area contributed by atoms with Crippen LogP contribution >= 0.6 is 0 Å². The number of aliphatic hydroxyl groups is 1. The highest BCUT2D eigenvalue weighted by Gasteiger charge is 2.39. The zero-order valence-electron chi connectivity index (χ0n) is 14.2. The van der Waals surface area contributed by atoms with Gasteiger partial charge in [-0.1, -0.05) is 20.8 Å². The summed E-state index contributed by atoms with van der Waals surface area (Å²) in [5.74, 6) is 1.09. The van der Waals surface area contributed by atoms with Crippen molar-refractivity contribution in [1.82, 2.24) is 0 Å². The van der Waals surface area contributed by atoms with E-state index >= 15 is 0 Å². The molecule has 0 saturated heterocycles. The number of aliphatic hydroxyl groups excluding tert-OH is 1. The molecule has 1 rings (SSSR count). The van der Waals surface area contributed by atoms with E-state index < -0.39 is 14.4 Å². The number of hydrogen-bond donors (Lipinski definition) is 2. The normalized spacial score (nSPS) is 13.9. The summed E-state index contributed by atoms with van der Waals surface area (Å²) >= 11 is 0. The van der Waals surface area contributed by atoms with Crippen molar-refractivity contribution in [2.75, 3.05) is 7.11 Å². The maximum Gasteiger partial charge on any atom is 0.250 e. The summed E-state index contributed by atoms with van der Waals surface area (Å²) in [6.07, 6.45) is -0.239. The SMILES string of the molecule is COc1ccc(O[Si](C)(C)C(C)(C)C)c(CC(C)O)c1O. The zero-order valence-corrected chi connectivity index (χ0v) is 15.2. The molecule has 0 aliphatic heterocycles. The molecule has 1 aromatic rings. The van der Waals surface area contributed by atoms with Gasteiger partial charge in [-0.05, 0) is 37.2 Å². The summed E-state index contributed by atoms with van der Waals surface area (Å²) in [5, 5.41) is 20.1. The smallest absolute Gasteiger partial charge is 0.250 e. The van der Waals surface area contributed by atoms with E-state index in [1.807, 2.05) is 6.07 Å². The first kappa shape index (κ1) is 17.8. The highest BCUT2D eigenvalue weighted by Crippen LogP contribution is 2.42. The van der Waals surface area contributed by atoms with Gasteiger partial charge >= 0.3 is 0 Å². The Morgan fingerprint density at radius 2 is 1.71 bits per heavy atom. The van der Waals surface area contributed by atoms with Crippen molar-refractivity contribution in [2.24, 2.45) is 0 Å². The van der Waals surface area contributed by atoms with Crippen LogP contribution in [0.25, 0.3) is 0 Å². The van der Waals surface area contributed by atoms with Crippen LogP contribution in [0.2, 0.25) is 18.1 Å². The van der Waals surface area contributed by atoms with Crippen molar-refractivity contribution < 1.29 is 19.4 Å². The molecule has 0 radical (unpaired) electrons. The van der Waals surface area contributed by atoms with Gasteiger partial charge in [0.1, 0.15) is 5.75 Å². The molecule has 120 valence electrons. The van der Waals surface area contributed by atoms with Gasteiger partial charge in [0.15, 0.2) is 11.5 Å². The number of ether oxygens (including phenoxy) is 1. The van der Waals surface area contributed by atoms with E-state index in [4.69, 9.17) is 9.16 Å². The fourth-order valence-corrected chi connectivity index (χ4v) is 2.82. The molecule has 0 heterocycles.